The lowest BCUT2D eigenvalue weighted by atomic mass is 10.0. The summed E-state index contributed by atoms with van der Waals surface area (Å²) >= 11 is 1.65. The van der Waals surface area contributed by atoms with Crippen molar-refractivity contribution in [1.82, 2.24) is 5.32 Å². The van der Waals surface area contributed by atoms with Crippen molar-refractivity contribution in [2.75, 3.05) is 5.75 Å². The minimum atomic E-state index is 0.120. The lowest BCUT2D eigenvalue weighted by Gasteiger charge is -2.18. The second kappa shape index (κ2) is 7.16. The zero-order valence-electron chi connectivity index (χ0n) is 13.8. The van der Waals surface area contributed by atoms with Crippen LogP contribution in [0.3, 0.4) is 0 Å². The highest BCUT2D eigenvalue weighted by molar-refractivity contribution is 8.00. The van der Waals surface area contributed by atoms with Gasteiger partial charge < -0.3 is 5.32 Å². The highest BCUT2D eigenvalue weighted by atomic mass is 32.2. The van der Waals surface area contributed by atoms with Crippen molar-refractivity contribution in [1.29, 1.82) is 0 Å². The van der Waals surface area contributed by atoms with Gasteiger partial charge in [-0.25, -0.2) is 0 Å². The minimum Gasteiger partial charge on any atom is -0.353 e. The number of amides is 1. The van der Waals surface area contributed by atoms with Crippen molar-refractivity contribution in [2.24, 2.45) is 5.92 Å². The van der Waals surface area contributed by atoms with Gasteiger partial charge in [-0.15, -0.1) is 11.8 Å². The number of aryl methyl sites for hydroxylation is 2. The summed E-state index contributed by atoms with van der Waals surface area (Å²) in [6.07, 6.45) is 0. The fourth-order valence-electron chi connectivity index (χ4n) is 2.00. The van der Waals surface area contributed by atoms with E-state index in [0.29, 0.717) is 11.7 Å². The second-order valence-electron chi connectivity index (χ2n) is 5.98. The molecule has 20 heavy (non-hydrogen) atoms. The van der Waals surface area contributed by atoms with Gasteiger partial charge in [-0.05, 0) is 62.8 Å². The molecular formula is C17H27NOS. The van der Waals surface area contributed by atoms with Crippen LogP contribution in [-0.2, 0) is 4.79 Å². The molecule has 112 valence electrons. The van der Waals surface area contributed by atoms with E-state index in [-0.39, 0.29) is 11.9 Å². The minimum absolute atomic E-state index is 0.120. The van der Waals surface area contributed by atoms with Gasteiger partial charge in [-0.3, -0.25) is 4.79 Å². The third-order valence-electron chi connectivity index (χ3n) is 4.03. The van der Waals surface area contributed by atoms with Crippen molar-refractivity contribution < 1.29 is 4.79 Å². The van der Waals surface area contributed by atoms with E-state index in [1.165, 1.54) is 27.1 Å². The molecule has 2 nitrogen and oxygen atoms in total. The maximum absolute atomic E-state index is 12.0. The van der Waals surface area contributed by atoms with Crippen molar-refractivity contribution >= 4 is 17.7 Å². The van der Waals surface area contributed by atoms with E-state index in [4.69, 9.17) is 0 Å². The molecule has 0 aliphatic rings. The standard InChI is InChI=1S/C17H27NOS/c1-10(2)15(7)18-16(19)9-20-17-13(5)11(3)8-12(4)14(17)6/h8,10,15H,9H2,1-7H3,(H,18,19)/t15-/m0/s1. The highest BCUT2D eigenvalue weighted by Gasteiger charge is 2.13. The highest BCUT2D eigenvalue weighted by Crippen LogP contribution is 2.30. The van der Waals surface area contributed by atoms with Gasteiger partial charge in [0.05, 0.1) is 5.75 Å². The molecule has 0 heterocycles. The van der Waals surface area contributed by atoms with Crippen LogP contribution in [-0.4, -0.2) is 17.7 Å². The molecule has 0 saturated carbocycles. The first-order valence-corrected chi connectivity index (χ1v) is 8.22. The maximum Gasteiger partial charge on any atom is 0.230 e. The van der Waals surface area contributed by atoms with Gasteiger partial charge >= 0.3 is 0 Å². The first-order chi connectivity index (χ1) is 9.23. The molecule has 0 aliphatic heterocycles. The molecule has 1 aromatic carbocycles. The number of carbonyl (C=O) groups excluding carboxylic acids is 1. The summed E-state index contributed by atoms with van der Waals surface area (Å²) in [6, 6.07) is 2.44. The van der Waals surface area contributed by atoms with Crippen LogP contribution in [0.25, 0.3) is 0 Å². The lowest BCUT2D eigenvalue weighted by molar-refractivity contribution is -0.119. The molecule has 0 bridgehead atoms. The number of nitrogens with one attached hydrogen (secondary N) is 1. The Labute approximate surface area is 127 Å². The molecule has 0 radical (unpaired) electrons. The van der Waals surface area contributed by atoms with Crippen LogP contribution in [0.2, 0.25) is 0 Å². The van der Waals surface area contributed by atoms with Gasteiger partial charge in [-0.1, -0.05) is 19.9 Å². The first-order valence-electron chi connectivity index (χ1n) is 7.23. The molecular weight excluding hydrogens is 266 g/mol. The zero-order valence-corrected chi connectivity index (χ0v) is 14.6. The van der Waals surface area contributed by atoms with E-state index in [0.717, 1.165) is 0 Å². The van der Waals surface area contributed by atoms with E-state index in [1.54, 1.807) is 11.8 Å². The van der Waals surface area contributed by atoms with E-state index in [9.17, 15) is 4.79 Å². The predicted molar refractivity (Wildman–Crippen MR) is 88.6 cm³/mol. The van der Waals surface area contributed by atoms with Crippen LogP contribution >= 0.6 is 11.8 Å². The SMILES string of the molecule is Cc1cc(C)c(C)c(SCC(=O)N[C@@H](C)C(C)C)c1C. The van der Waals surface area contributed by atoms with Crippen molar-refractivity contribution in [3.8, 4) is 0 Å². The van der Waals surface area contributed by atoms with E-state index in [1.807, 2.05) is 0 Å². The summed E-state index contributed by atoms with van der Waals surface area (Å²) in [6.45, 7) is 14.8. The Kier molecular flexibility index (Phi) is 6.12. The van der Waals surface area contributed by atoms with E-state index in [2.05, 4.69) is 59.8 Å². The van der Waals surface area contributed by atoms with Gasteiger partial charge in [0.15, 0.2) is 0 Å². The fraction of sp³-hybridized carbons (Fsp3) is 0.588. The van der Waals surface area contributed by atoms with Crippen LogP contribution in [0.5, 0.6) is 0 Å². The normalized spacial score (nSPS) is 12.6. The third-order valence-corrected chi connectivity index (χ3v) is 5.34. The summed E-state index contributed by atoms with van der Waals surface area (Å²) in [5.41, 5.74) is 5.18. The molecule has 0 aromatic heterocycles. The number of thioether (sulfide) groups is 1. The number of benzene rings is 1. The van der Waals surface area contributed by atoms with Gasteiger partial charge in [0.1, 0.15) is 0 Å². The Morgan fingerprint density at radius 1 is 1.10 bits per heavy atom. The van der Waals surface area contributed by atoms with Gasteiger partial charge in [0.25, 0.3) is 0 Å². The largest absolute Gasteiger partial charge is 0.353 e. The Hall–Kier alpha value is -0.960. The average Bonchev–Trinajstić information content (AvgIpc) is 2.36. The molecule has 0 unspecified atom stereocenters. The molecule has 1 aromatic rings. The summed E-state index contributed by atoms with van der Waals surface area (Å²) in [5, 5.41) is 3.06. The summed E-state index contributed by atoms with van der Waals surface area (Å²) < 4.78 is 0. The molecule has 1 N–H and O–H groups in total. The molecule has 1 amide bonds. The third kappa shape index (κ3) is 4.27. The monoisotopic (exact) mass is 293 g/mol. The predicted octanol–water partition coefficient (Wildman–Crippen LogP) is 4.17. The quantitative estimate of drug-likeness (QED) is 0.825. The van der Waals surface area contributed by atoms with Gasteiger partial charge in [0, 0.05) is 10.9 Å². The Balaban J connectivity index is 2.74. The second-order valence-corrected chi connectivity index (χ2v) is 6.96. The number of rotatable bonds is 5. The Morgan fingerprint density at radius 3 is 2.05 bits per heavy atom. The molecule has 1 atom stereocenters. The van der Waals surface area contributed by atoms with Crippen LogP contribution in [0.15, 0.2) is 11.0 Å². The number of hydrogen-bond acceptors (Lipinski definition) is 2. The Bertz CT molecular complexity index is 468. The summed E-state index contributed by atoms with van der Waals surface area (Å²) in [5.74, 6) is 1.07. The maximum atomic E-state index is 12.0. The zero-order chi connectivity index (χ0) is 15.4. The molecule has 0 fully saturated rings. The molecule has 0 saturated heterocycles. The first kappa shape index (κ1) is 17.1. The van der Waals surface area contributed by atoms with Crippen molar-refractivity contribution in [3.63, 3.8) is 0 Å². The van der Waals surface area contributed by atoms with E-state index >= 15 is 0 Å². The summed E-state index contributed by atoms with van der Waals surface area (Å²) in [7, 11) is 0. The molecule has 3 heteroatoms. The lowest BCUT2D eigenvalue weighted by Crippen LogP contribution is -2.37. The summed E-state index contributed by atoms with van der Waals surface area (Å²) in [4.78, 5) is 13.3. The van der Waals surface area contributed by atoms with Crippen LogP contribution in [0.1, 0.15) is 43.0 Å². The molecule has 0 aliphatic carbocycles. The smallest absolute Gasteiger partial charge is 0.230 e. The number of carbonyl (C=O) groups is 1. The van der Waals surface area contributed by atoms with Crippen LogP contribution in [0, 0.1) is 33.6 Å². The molecule has 0 spiro atoms. The Morgan fingerprint density at radius 2 is 1.60 bits per heavy atom. The van der Waals surface area contributed by atoms with Crippen LogP contribution in [0.4, 0.5) is 0 Å². The average molecular weight is 293 g/mol. The van der Waals surface area contributed by atoms with E-state index < -0.39 is 0 Å². The van der Waals surface area contributed by atoms with Crippen LogP contribution < -0.4 is 5.32 Å². The number of hydrogen-bond donors (Lipinski definition) is 1. The van der Waals surface area contributed by atoms with Crippen molar-refractivity contribution in [3.05, 3.63) is 28.3 Å². The van der Waals surface area contributed by atoms with Crippen molar-refractivity contribution in [2.45, 2.75) is 59.4 Å². The fourth-order valence-corrected chi connectivity index (χ4v) is 3.11. The molecule has 1 rings (SSSR count). The van der Waals surface area contributed by atoms with Gasteiger partial charge in [0.2, 0.25) is 5.91 Å². The topological polar surface area (TPSA) is 29.1 Å². The van der Waals surface area contributed by atoms with Gasteiger partial charge in [-0.2, -0.15) is 0 Å².